The number of benzene rings is 1. The third-order valence-corrected chi connectivity index (χ3v) is 4.29. The molecule has 3 nitrogen and oxygen atoms in total. The van der Waals surface area contributed by atoms with E-state index in [2.05, 4.69) is 63.2 Å². The molecule has 1 aromatic rings. The molecule has 2 rings (SSSR count). The Morgan fingerprint density at radius 2 is 1.90 bits per heavy atom. The summed E-state index contributed by atoms with van der Waals surface area (Å²) in [5.74, 6) is 0. The Bertz CT molecular complexity index is 444. The molecule has 1 heterocycles. The molecule has 1 saturated heterocycles. The van der Waals surface area contributed by atoms with Gasteiger partial charge in [-0.3, -0.25) is 0 Å². The van der Waals surface area contributed by atoms with Gasteiger partial charge in [-0.05, 0) is 43.5 Å². The summed E-state index contributed by atoms with van der Waals surface area (Å²) < 4.78 is 5.71. The molecule has 0 amide bonds. The van der Waals surface area contributed by atoms with Crippen molar-refractivity contribution in [2.24, 2.45) is 5.41 Å². The van der Waals surface area contributed by atoms with Crippen LogP contribution in [0.3, 0.4) is 0 Å². The van der Waals surface area contributed by atoms with Gasteiger partial charge in [0.1, 0.15) is 0 Å². The second-order valence-corrected chi connectivity index (χ2v) is 7.04. The zero-order valence-electron chi connectivity index (χ0n) is 14.2. The number of nitrogens with one attached hydrogen (secondary N) is 1. The van der Waals surface area contributed by atoms with E-state index < -0.39 is 0 Å². The first-order valence-electron chi connectivity index (χ1n) is 8.01. The Morgan fingerprint density at radius 3 is 2.43 bits per heavy atom. The molecule has 1 atom stereocenters. The van der Waals surface area contributed by atoms with E-state index in [-0.39, 0.29) is 5.41 Å². The zero-order chi connectivity index (χ0) is 15.5. The second-order valence-electron chi connectivity index (χ2n) is 7.04. The molecule has 0 aliphatic carbocycles. The summed E-state index contributed by atoms with van der Waals surface area (Å²) in [5.41, 5.74) is 4.20. The van der Waals surface area contributed by atoms with Crippen LogP contribution in [0.2, 0.25) is 0 Å². The van der Waals surface area contributed by atoms with Gasteiger partial charge in [-0.25, -0.2) is 0 Å². The molecular weight excluding hydrogens is 260 g/mol. The van der Waals surface area contributed by atoms with Crippen LogP contribution in [0.4, 0.5) is 5.69 Å². The summed E-state index contributed by atoms with van der Waals surface area (Å²) in [6.45, 7) is 12.6. The van der Waals surface area contributed by atoms with Crippen molar-refractivity contribution in [1.29, 1.82) is 0 Å². The van der Waals surface area contributed by atoms with Crippen LogP contribution < -0.4 is 10.2 Å². The van der Waals surface area contributed by atoms with E-state index in [1.807, 2.05) is 0 Å². The minimum atomic E-state index is 0.233. The molecule has 1 N–H and O–H groups in total. The lowest BCUT2D eigenvalue weighted by molar-refractivity contribution is 0.151. The van der Waals surface area contributed by atoms with Crippen molar-refractivity contribution >= 4 is 5.69 Å². The topological polar surface area (TPSA) is 24.5 Å². The highest BCUT2D eigenvalue weighted by Crippen LogP contribution is 2.31. The van der Waals surface area contributed by atoms with Crippen molar-refractivity contribution in [1.82, 2.24) is 5.32 Å². The number of hydrogen-bond donors (Lipinski definition) is 1. The molecular formula is C18H30N2O. The Kier molecular flexibility index (Phi) is 5.28. The fourth-order valence-corrected chi connectivity index (χ4v) is 3.16. The maximum Gasteiger partial charge on any atom is 0.0552 e. The first-order valence-corrected chi connectivity index (χ1v) is 8.01. The van der Waals surface area contributed by atoms with Crippen molar-refractivity contribution < 1.29 is 4.74 Å². The van der Waals surface area contributed by atoms with E-state index in [4.69, 9.17) is 4.74 Å². The Labute approximate surface area is 129 Å². The zero-order valence-corrected chi connectivity index (χ0v) is 14.2. The Balaban J connectivity index is 2.08. The summed E-state index contributed by atoms with van der Waals surface area (Å²) in [7, 11) is 2.20. The molecule has 118 valence electrons. The summed E-state index contributed by atoms with van der Waals surface area (Å²) >= 11 is 0. The SMILES string of the molecule is Cc1cc(C)cc(N(C)CC2(CNC(C)C)CCOC2)c1. The monoisotopic (exact) mass is 290 g/mol. The molecule has 3 heteroatoms. The van der Waals surface area contributed by atoms with Gasteiger partial charge in [0.05, 0.1) is 6.61 Å². The largest absolute Gasteiger partial charge is 0.381 e. The maximum absolute atomic E-state index is 5.71. The van der Waals surface area contributed by atoms with Crippen LogP contribution in [0, 0.1) is 19.3 Å². The molecule has 1 unspecified atom stereocenters. The third kappa shape index (κ3) is 4.45. The van der Waals surface area contributed by atoms with Crippen LogP contribution in [-0.4, -0.2) is 39.4 Å². The minimum Gasteiger partial charge on any atom is -0.381 e. The van der Waals surface area contributed by atoms with E-state index in [0.29, 0.717) is 6.04 Å². The first kappa shape index (κ1) is 16.3. The lowest BCUT2D eigenvalue weighted by Crippen LogP contribution is -2.45. The quantitative estimate of drug-likeness (QED) is 0.871. The fourth-order valence-electron chi connectivity index (χ4n) is 3.16. The smallest absolute Gasteiger partial charge is 0.0552 e. The normalized spacial score (nSPS) is 22.0. The lowest BCUT2D eigenvalue weighted by atomic mass is 9.86. The van der Waals surface area contributed by atoms with Crippen LogP contribution in [0.5, 0.6) is 0 Å². The van der Waals surface area contributed by atoms with E-state index in [1.54, 1.807) is 0 Å². The predicted molar refractivity (Wildman–Crippen MR) is 90.2 cm³/mol. The highest BCUT2D eigenvalue weighted by molar-refractivity contribution is 5.50. The number of hydrogen-bond acceptors (Lipinski definition) is 3. The molecule has 1 aliphatic heterocycles. The molecule has 1 aliphatic rings. The van der Waals surface area contributed by atoms with Gasteiger partial charge in [-0.2, -0.15) is 0 Å². The van der Waals surface area contributed by atoms with Gasteiger partial charge in [-0.15, -0.1) is 0 Å². The van der Waals surface area contributed by atoms with Gasteiger partial charge in [0, 0.05) is 43.9 Å². The molecule has 1 fully saturated rings. The van der Waals surface area contributed by atoms with Crippen LogP contribution in [0.1, 0.15) is 31.4 Å². The van der Waals surface area contributed by atoms with Crippen molar-refractivity contribution in [2.45, 2.75) is 40.2 Å². The van der Waals surface area contributed by atoms with Crippen molar-refractivity contribution in [3.8, 4) is 0 Å². The second kappa shape index (κ2) is 6.80. The highest BCUT2D eigenvalue weighted by atomic mass is 16.5. The third-order valence-electron chi connectivity index (χ3n) is 4.29. The highest BCUT2D eigenvalue weighted by Gasteiger charge is 2.36. The molecule has 0 radical (unpaired) electrons. The van der Waals surface area contributed by atoms with E-state index in [1.165, 1.54) is 16.8 Å². The van der Waals surface area contributed by atoms with Gasteiger partial charge in [0.2, 0.25) is 0 Å². The summed E-state index contributed by atoms with van der Waals surface area (Å²) in [6, 6.07) is 7.29. The Hall–Kier alpha value is -1.06. The van der Waals surface area contributed by atoms with E-state index >= 15 is 0 Å². The number of rotatable bonds is 6. The average Bonchev–Trinajstić information content (AvgIpc) is 2.84. The van der Waals surface area contributed by atoms with Gasteiger partial charge < -0.3 is 15.0 Å². The minimum absolute atomic E-state index is 0.233. The van der Waals surface area contributed by atoms with E-state index in [0.717, 1.165) is 32.7 Å². The van der Waals surface area contributed by atoms with Crippen molar-refractivity contribution in [2.75, 3.05) is 38.3 Å². The molecule has 0 saturated carbocycles. The first-order chi connectivity index (χ1) is 9.90. The standard InChI is InChI=1S/C18H30N2O/c1-14(2)19-11-18(6-7-21-13-18)12-20(5)17-9-15(3)8-16(4)10-17/h8-10,14,19H,6-7,11-13H2,1-5H3. The van der Waals surface area contributed by atoms with Crippen LogP contribution in [0.25, 0.3) is 0 Å². The Morgan fingerprint density at radius 1 is 1.24 bits per heavy atom. The van der Waals surface area contributed by atoms with Gasteiger partial charge in [-0.1, -0.05) is 19.9 Å². The fraction of sp³-hybridized carbons (Fsp3) is 0.667. The lowest BCUT2D eigenvalue weighted by Gasteiger charge is -2.34. The summed E-state index contributed by atoms with van der Waals surface area (Å²) in [5, 5.41) is 3.60. The molecule has 0 bridgehead atoms. The molecule has 0 aromatic heterocycles. The number of aryl methyl sites for hydroxylation is 2. The maximum atomic E-state index is 5.71. The van der Waals surface area contributed by atoms with Crippen LogP contribution in [0.15, 0.2) is 18.2 Å². The average molecular weight is 290 g/mol. The molecule has 21 heavy (non-hydrogen) atoms. The molecule has 1 aromatic carbocycles. The van der Waals surface area contributed by atoms with E-state index in [9.17, 15) is 0 Å². The van der Waals surface area contributed by atoms with Crippen molar-refractivity contribution in [3.05, 3.63) is 29.3 Å². The van der Waals surface area contributed by atoms with Gasteiger partial charge in [0.25, 0.3) is 0 Å². The van der Waals surface area contributed by atoms with Gasteiger partial charge >= 0.3 is 0 Å². The van der Waals surface area contributed by atoms with Crippen LogP contribution >= 0.6 is 0 Å². The van der Waals surface area contributed by atoms with Crippen molar-refractivity contribution in [3.63, 3.8) is 0 Å². The summed E-state index contributed by atoms with van der Waals surface area (Å²) in [4.78, 5) is 2.39. The molecule has 0 spiro atoms. The predicted octanol–water partition coefficient (Wildman–Crippen LogP) is 3.14. The van der Waals surface area contributed by atoms with Gasteiger partial charge in [0.15, 0.2) is 0 Å². The number of anilines is 1. The number of nitrogens with zero attached hydrogens (tertiary/aromatic N) is 1. The van der Waals surface area contributed by atoms with Crippen LogP contribution in [-0.2, 0) is 4.74 Å². The summed E-state index contributed by atoms with van der Waals surface area (Å²) in [6.07, 6.45) is 1.14. The number of ether oxygens (including phenoxy) is 1.